The number of hydrogen-bond donors (Lipinski definition) is 4. The monoisotopic (exact) mass is 672 g/mol. The smallest absolute Gasteiger partial charge is 0.407 e. The summed E-state index contributed by atoms with van der Waals surface area (Å²) in [5, 5.41) is 6.16. The van der Waals surface area contributed by atoms with Gasteiger partial charge >= 0.3 is 6.09 Å². The van der Waals surface area contributed by atoms with E-state index in [9.17, 15) is 9.59 Å². The standard InChI is InChI=1S/C40H73N5O3/c1-29(2)11-8-12-30(3)34-15-16-35-33-14-13-31-27-32(17-19-39(31,4)36(33)18-20-40(34,35)5)48-38(47)44-28-37(46)45(26-10-22-42)25-7-6-23-43-24-9-21-41/h13,29-30,32-36,43H,6-12,14-28,41-42H2,1-5H3,(H,44,47). The van der Waals surface area contributed by atoms with Gasteiger partial charge in [-0.25, -0.2) is 4.79 Å². The van der Waals surface area contributed by atoms with Crippen molar-refractivity contribution in [3.8, 4) is 0 Å². The van der Waals surface area contributed by atoms with Gasteiger partial charge in [0.2, 0.25) is 5.91 Å². The number of nitrogens with one attached hydrogen (secondary N) is 2. The molecule has 0 bridgehead atoms. The van der Waals surface area contributed by atoms with Crippen LogP contribution in [0.5, 0.6) is 0 Å². The number of alkyl carbamates (subject to hydrolysis) is 1. The highest BCUT2D eigenvalue weighted by Crippen LogP contribution is 2.67. The van der Waals surface area contributed by atoms with Crippen molar-refractivity contribution in [1.82, 2.24) is 15.5 Å². The predicted octanol–water partition coefficient (Wildman–Crippen LogP) is 7.02. The molecule has 2 amide bonds. The van der Waals surface area contributed by atoms with Gasteiger partial charge in [0.15, 0.2) is 0 Å². The van der Waals surface area contributed by atoms with Crippen molar-refractivity contribution in [3.63, 3.8) is 0 Å². The first-order chi connectivity index (χ1) is 23.0. The molecule has 0 aliphatic heterocycles. The number of ether oxygens (including phenoxy) is 1. The summed E-state index contributed by atoms with van der Waals surface area (Å²) in [5.41, 5.74) is 13.5. The fraction of sp³-hybridized carbons (Fsp3) is 0.900. The molecule has 48 heavy (non-hydrogen) atoms. The minimum Gasteiger partial charge on any atom is -0.446 e. The Balaban J connectivity index is 1.25. The van der Waals surface area contributed by atoms with Crippen LogP contribution in [0.1, 0.15) is 131 Å². The maximum atomic E-state index is 13.0. The molecule has 6 N–H and O–H groups in total. The number of rotatable bonds is 19. The molecule has 0 heterocycles. The zero-order valence-electron chi connectivity index (χ0n) is 31.5. The number of unbranched alkanes of at least 4 members (excludes halogenated alkanes) is 1. The van der Waals surface area contributed by atoms with E-state index in [-0.39, 0.29) is 24.0 Å². The molecule has 0 spiro atoms. The van der Waals surface area contributed by atoms with Crippen LogP contribution < -0.4 is 22.1 Å². The zero-order valence-corrected chi connectivity index (χ0v) is 31.5. The van der Waals surface area contributed by atoms with E-state index in [2.05, 4.69) is 51.3 Å². The maximum absolute atomic E-state index is 13.0. The van der Waals surface area contributed by atoms with Gasteiger partial charge in [-0.3, -0.25) is 4.79 Å². The summed E-state index contributed by atoms with van der Waals surface area (Å²) >= 11 is 0. The van der Waals surface area contributed by atoms with Crippen LogP contribution in [0, 0.1) is 46.3 Å². The van der Waals surface area contributed by atoms with Crippen LogP contribution in [-0.2, 0) is 9.53 Å². The Labute approximate surface area is 293 Å². The van der Waals surface area contributed by atoms with Gasteiger partial charge in [-0.1, -0.05) is 65.5 Å². The van der Waals surface area contributed by atoms with Gasteiger partial charge in [0.25, 0.3) is 0 Å². The topological polar surface area (TPSA) is 123 Å². The molecule has 8 nitrogen and oxygen atoms in total. The Morgan fingerprint density at radius 3 is 2.42 bits per heavy atom. The fourth-order valence-electron chi connectivity index (χ4n) is 10.8. The summed E-state index contributed by atoms with van der Waals surface area (Å²) in [5.74, 6) is 4.85. The summed E-state index contributed by atoms with van der Waals surface area (Å²) < 4.78 is 5.95. The molecule has 3 fully saturated rings. The molecule has 3 saturated carbocycles. The number of carbonyl (C=O) groups excluding carboxylic acids is 2. The molecule has 0 aromatic rings. The van der Waals surface area contributed by atoms with Gasteiger partial charge in [-0.05, 0) is 143 Å². The van der Waals surface area contributed by atoms with Crippen molar-refractivity contribution in [2.75, 3.05) is 45.8 Å². The summed E-state index contributed by atoms with van der Waals surface area (Å²) in [6, 6.07) is 0. The van der Waals surface area contributed by atoms with Crippen LogP contribution >= 0.6 is 0 Å². The lowest BCUT2D eigenvalue weighted by atomic mass is 9.47. The van der Waals surface area contributed by atoms with Crippen LogP contribution in [0.15, 0.2) is 11.6 Å². The molecule has 4 rings (SSSR count). The van der Waals surface area contributed by atoms with Crippen LogP contribution in [0.4, 0.5) is 4.79 Å². The van der Waals surface area contributed by atoms with Crippen molar-refractivity contribution in [2.24, 2.45) is 57.8 Å². The van der Waals surface area contributed by atoms with Gasteiger partial charge in [-0.2, -0.15) is 0 Å². The van der Waals surface area contributed by atoms with E-state index in [0.29, 0.717) is 31.6 Å². The normalized spacial score (nSPS) is 31.8. The minimum atomic E-state index is -0.470. The molecular weight excluding hydrogens is 598 g/mol. The van der Waals surface area contributed by atoms with E-state index in [1.807, 2.05) is 4.90 Å². The maximum Gasteiger partial charge on any atom is 0.407 e. The van der Waals surface area contributed by atoms with Crippen molar-refractivity contribution < 1.29 is 14.3 Å². The van der Waals surface area contributed by atoms with E-state index in [1.165, 1.54) is 56.9 Å². The molecule has 0 aromatic heterocycles. The molecule has 8 unspecified atom stereocenters. The SMILES string of the molecule is CC(C)CCCC(C)C1CCC2C3CC=C4CC(OC(=O)NCC(=O)N(CCCN)CCCCNCCCN)CCC4(C)C3CCC12C. The second kappa shape index (κ2) is 18.6. The summed E-state index contributed by atoms with van der Waals surface area (Å²) in [6.07, 6.45) is 19.3. The Hall–Kier alpha value is -1.64. The third kappa shape index (κ3) is 9.78. The number of hydrogen-bond acceptors (Lipinski definition) is 6. The first-order valence-electron chi connectivity index (χ1n) is 20.1. The zero-order chi connectivity index (χ0) is 34.7. The molecular formula is C40H73N5O3. The van der Waals surface area contributed by atoms with Crippen molar-refractivity contribution in [1.29, 1.82) is 0 Å². The molecule has 0 radical (unpaired) electrons. The third-order valence-corrected chi connectivity index (χ3v) is 13.5. The molecule has 0 saturated heterocycles. The summed E-state index contributed by atoms with van der Waals surface area (Å²) in [7, 11) is 0. The van der Waals surface area contributed by atoms with E-state index in [4.69, 9.17) is 16.2 Å². The van der Waals surface area contributed by atoms with Gasteiger partial charge in [0, 0.05) is 19.5 Å². The Morgan fingerprint density at radius 1 is 0.917 bits per heavy atom. The Kier molecular flexibility index (Phi) is 15.1. The summed E-state index contributed by atoms with van der Waals surface area (Å²) in [6.45, 7) is 16.8. The van der Waals surface area contributed by atoms with Gasteiger partial charge in [0.1, 0.15) is 12.6 Å². The lowest BCUT2D eigenvalue weighted by molar-refractivity contribution is -0.130. The van der Waals surface area contributed by atoms with Crippen LogP contribution in [-0.4, -0.2) is 68.8 Å². The minimum absolute atomic E-state index is 0.0352. The van der Waals surface area contributed by atoms with Crippen molar-refractivity contribution in [3.05, 3.63) is 11.6 Å². The van der Waals surface area contributed by atoms with Gasteiger partial charge < -0.3 is 31.7 Å². The largest absolute Gasteiger partial charge is 0.446 e. The van der Waals surface area contributed by atoms with Crippen LogP contribution in [0.2, 0.25) is 0 Å². The Morgan fingerprint density at radius 2 is 1.67 bits per heavy atom. The lowest BCUT2D eigenvalue weighted by Crippen LogP contribution is -2.51. The number of nitrogens with two attached hydrogens (primary N) is 2. The van der Waals surface area contributed by atoms with E-state index in [0.717, 1.165) is 93.5 Å². The molecule has 276 valence electrons. The third-order valence-electron chi connectivity index (χ3n) is 13.5. The van der Waals surface area contributed by atoms with Crippen LogP contribution in [0.3, 0.4) is 0 Å². The lowest BCUT2D eigenvalue weighted by Gasteiger charge is -2.58. The van der Waals surface area contributed by atoms with E-state index >= 15 is 0 Å². The Bertz CT molecular complexity index is 1050. The molecule has 8 heteroatoms. The van der Waals surface area contributed by atoms with Gasteiger partial charge in [0.05, 0.1) is 0 Å². The molecule has 4 aliphatic rings. The predicted molar refractivity (Wildman–Crippen MR) is 197 cm³/mol. The highest BCUT2D eigenvalue weighted by Gasteiger charge is 2.59. The number of carbonyl (C=O) groups is 2. The number of fused-ring (bicyclic) bond motifs is 5. The molecule has 4 aliphatic carbocycles. The average molecular weight is 672 g/mol. The summed E-state index contributed by atoms with van der Waals surface area (Å²) in [4.78, 5) is 27.7. The highest BCUT2D eigenvalue weighted by atomic mass is 16.6. The van der Waals surface area contributed by atoms with E-state index in [1.54, 1.807) is 0 Å². The highest BCUT2D eigenvalue weighted by molar-refractivity contribution is 5.82. The number of nitrogens with zero attached hydrogens (tertiary/aromatic N) is 1. The first kappa shape index (κ1) is 39.2. The van der Waals surface area contributed by atoms with Crippen molar-refractivity contribution in [2.45, 2.75) is 137 Å². The number of amides is 2. The fourth-order valence-corrected chi connectivity index (χ4v) is 10.8. The molecule has 0 aromatic carbocycles. The first-order valence-corrected chi connectivity index (χ1v) is 20.1. The second-order valence-corrected chi connectivity index (χ2v) is 17.0. The van der Waals surface area contributed by atoms with Crippen LogP contribution in [0.25, 0.3) is 0 Å². The van der Waals surface area contributed by atoms with Gasteiger partial charge in [-0.15, -0.1) is 0 Å². The average Bonchev–Trinajstić information content (AvgIpc) is 3.42. The second-order valence-electron chi connectivity index (χ2n) is 17.0. The number of allylic oxidation sites excluding steroid dienone is 1. The van der Waals surface area contributed by atoms with Crippen molar-refractivity contribution >= 4 is 12.0 Å². The molecule has 8 atom stereocenters. The van der Waals surface area contributed by atoms with E-state index < -0.39 is 6.09 Å². The quantitative estimate of drug-likeness (QED) is 0.0865.